The van der Waals surface area contributed by atoms with Gasteiger partial charge in [-0.2, -0.15) is 0 Å². The molecule has 0 saturated carbocycles. The minimum Gasteiger partial charge on any atom is -0.497 e. The lowest BCUT2D eigenvalue weighted by Crippen LogP contribution is -2.30. The summed E-state index contributed by atoms with van der Waals surface area (Å²) in [7, 11) is -1.99. The summed E-state index contributed by atoms with van der Waals surface area (Å²) in [6.45, 7) is 2.16. The predicted octanol–water partition coefficient (Wildman–Crippen LogP) is 2.91. The molecule has 2 aromatic carbocycles. The maximum Gasteiger partial charge on any atom is 0.264 e. The molecular weight excluding hydrogens is 274 g/mol. The van der Waals surface area contributed by atoms with Gasteiger partial charge in [0.15, 0.2) is 0 Å². The third-order valence-electron chi connectivity index (χ3n) is 2.96. The van der Waals surface area contributed by atoms with Gasteiger partial charge in [-0.1, -0.05) is 24.3 Å². The third-order valence-corrected chi connectivity index (χ3v) is 4.88. The molecule has 5 heteroatoms. The number of anilines is 1. The summed E-state index contributed by atoms with van der Waals surface area (Å²) in [6, 6.07) is 15.4. The Balaban J connectivity index is 2.46. The maximum absolute atomic E-state index is 12.6. The SMILES string of the molecule is CCN(c1cccc(OC)c1)S(=O)(=O)c1ccccc1. The number of ether oxygens (including phenoxy) is 1. The quantitative estimate of drug-likeness (QED) is 0.851. The highest BCUT2D eigenvalue weighted by atomic mass is 32.2. The molecule has 0 aliphatic carbocycles. The van der Waals surface area contributed by atoms with Crippen LogP contribution in [0, 0.1) is 0 Å². The van der Waals surface area contributed by atoms with Gasteiger partial charge >= 0.3 is 0 Å². The zero-order valence-electron chi connectivity index (χ0n) is 11.5. The average Bonchev–Trinajstić information content (AvgIpc) is 2.49. The second kappa shape index (κ2) is 5.96. The Morgan fingerprint density at radius 3 is 2.35 bits per heavy atom. The first kappa shape index (κ1) is 14.4. The van der Waals surface area contributed by atoms with Crippen molar-refractivity contribution in [1.82, 2.24) is 0 Å². The highest BCUT2D eigenvalue weighted by Crippen LogP contribution is 2.26. The predicted molar refractivity (Wildman–Crippen MR) is 79.6 cm³/mol. The minimum atomic E-state index is -3.55. The van der Waals surface area contributed by atoms with Crippen LogP contribution in [0.4, 0.5) is 5.69 Å². The summed E-state index contributed by atoms with van der Waals surface area (Å²) >= 11 is 0. The Labute approximate surface area is 119 Å². The van der Waals surface area contributed by atoms with E-state index >= 15 is 0 Å². The average molecular weight is 291 g/mol. The molecule has 0 bridgehead atoms. The molecular formula is C15H17NO3S. The largest absolute Gasteiger partial charge is 0.497 e. The Morgan fingerprint density at radius 2 is 1.75 bits per heavy atom. The fourth-order valence-electron chi connectivity index (χ4n) is 1.98. The topological polar surface area (TPSA) is 46.6 Å². The highest BCUT2D eigenvalue weighted by Gasteiger charge is 2.23. The van der Waals surface area contributed by atoms with E-state index in [-0.39, 0.29) is 4.90 Å². The molecule has 0 aromatic heterocycles. The lowest BCUT2D eigenvalue weighted by atomic mass is 10.3. The van der Waals surface area contributed by atoms with Gasteiger partial charge in [-0.15, -0.1) is 0 Å². The monoisotopic (exact) mass is 291 g/mol. The van der Waals surface area contributed by atoms with Crippen molar-refractivity contribution in [2.24, 2.45) is 0 Å². The van der Waals surface area contributed by atoms with Gasteiger partial charge in [-0.05, 0) is 31.2 Å². The van der Waals surface area contributed by atoms with Crippen LogP contribution in [0.15, 0.2) is 59.5 Å². The molecule has 0 amide bonds. The molecule has 0 aliphatic heterocycles. The molecule has 0 radical (unpaired) electrons. The van der Waals surface area contributed by atoms with Gasteiger partial charge in [0.05, 0.1) is 17.7 Å². The molecule has 0 spiro atoms. The summed E-state index contributed by atoms with van der Waals surface area (Å²) < 4.78 is 31.8. The number of sulfonamides is 1. The van der Waals surface area contributed by atoms with Crippen molar-refractivity contribution >= 4 is 15.7 Å². The summed E-state index contributed by atoms with van der Waals surface area (Å²) in [5.74, 6) is 0.629. The molecule has 2 rings (SSSR count). The van der Waals surface area contributed by atoms with E-state index < -0.39 is 10.0 Å². The van der Waals surface area contributed by atoms with Crippen LogP contribution in [0.2, 0.25) is 0 Å². The molecule has 0 heterocycles. The molecule has 0 fully saturated rings. The van der Waals surface area contributed by atoms with Crippen LogP contribution in [-0.2, 0) is 10.0 Å². The summed E-state index contributed by atoms with van der Waals surface area (Å²) in [6.07, 6.45) is 0. The molecule has 20 heavy (non-hydrogen) atoms. The molecule has 0 aliphatic rings. The van der Waals surface area contributed by atoms with Gasteiger partial charge < -0.3 is 4.74 Å². The fourth-order valence-corrected chi connectivity index (χ4v) is 3.46. The van der Waals surface area contributed by atoms with E-state index in [9.17, 15) is 8.42 Å². The Hall–Kier alpha value is -2.01. The Morgan fingerprint density at radius 1 is 1.05 bits per heavy atom. The van der Waals surface area contributed by atoms with Crippen molar-refractivity contribution in [3.05, 3.63) is 54.6 Å². The van der Waals surface area contributed by atoms with E-state index in [2.05, 4.69) is 0 Å². The van der Waals surface area contributed by atoms with Crippen LogP contribution in [0.1, 0.15) is 6.92 Å². The van der Waals surface area contributed by atoms with Crippen molar-refractivity contribution < 1.29 is 13.2 Å². The first-order valence-electron chi connectivity index (χ1n) is 6.31. The number of hydrogen-bond donors (Lipinski definition) is 0. The van der Waals surface area contributed by atoms with Gasteiger partial charge in [0, 0.05) is 12.6 Å². The van der Waals surface area contributed by atoms with Crippen molar-refractivity contribution in [2.45, 2.75) is 11.8 Å². The maximum atomic E-state index is 12.6. The molecule has 0 saturated heterocycles. The van der Waals surface area contributed by atoms with Crippen molar-refractivity contribution in [2.75, 3.05) is 18.0 Å². The van der Waals surface area contributed by atoms with E-state index in [0.717, 1.165) is 0 Å². The molecule has 0 atom stereocenters. The van der Waals surface area contributed by atoms with E-state index in [1.807, 2.05) is 0 Å². The molecule has 0 unspecified atom stereocenters. The number of rotatable bonds is 5. The Kier molecular flexibility index (Phi) is 4.29. The van der Waals surface area contributed by atoms with Crippen molar-refractivity contribution in [3.8, 4) is 5.75 Å². The first-order valence-corrected chi connectivity index (χ1v) is 7.75. The summed E-state index contributed by atoms with van der Waals surface area (Å²) in [5.41, 5.74) is 0.593. The molecule has 106 valence electrons. The van der Waals surface area contributed by atoms with Gasteiger partial charge in [-0.25, -0.2) is 8.42 Å². The second-order valence-corrected chi connectivity index (χ2v) is 6.05. The van der Waals surface area contributed by atoms with Gasteiger partial charge in [0.2, 0.25) is 0 Å². The number of hydrogen-bond acceptors (Lipinski definition) is 3. The van der Waals surface area contributed by atoms with Crippen LogP contribution in [0.3, 0.4) is 0 Å². The van der Waals surface area contributed by atoms with Crippen molar-refractivity contribution in [1.29, 1.82) is 0 Å². The van der Waals surface area contributed by atoms with E-state index in [1.165, 1.54) is 4.31 Å². The minimum absolute atomic E-state index is 0.282. The van der Waals surface area contributed by atoms with Crippen LogP contribution in [0.25, 0.3) is 0 Å². The molecule has 2 aromatic rings. The molecule has 0 N–H and O–H groups in total. The Bertz CT molecular complexity index is 669. The van der Waals surface area contributed by atoms with Crippen molar-refractivity contribution in [3.63, 3.8) is 0 Å². The van der Waals surface area contributed by atoms with Crippen LogP contribution >= 0.6 is 0 Å². The number of nitrogens with zero attached hydrogens (tertiary/aromatic N) is 1. The molecule has 4 nitrogen and oxygen atoms in total. The fraction of sp³-hybridized carbons (Fsp3) is 0.200. The highest BCUT2D eigenvalue weighted by molar-refractivity contribution is 7.92. The van der Waals surface area contributed by atoms with E-state index in [1.54, 1.807) is 68.6 Å². The van der Waals surface area contributed by atoms with Crippen LogP contribution < -0.4 is 9.04 Å². The lowest BCUT2D eigenvalue weighted by Gasteiger charge is -2.23. The van der Waals surface area contributed by atoms with Crippen LogP contribution in [0.5, 0.6) is 5.75 Å². The van der Waals surface area contributed by atoms with Crippen LogP contribution in [-0.4, -0.2) is 22.1 Å². The number of methoxy groups -OCH3 is 1. The smallest absolute Gasteiger partial charge is 0.264 e. The third kappa shape index (κ3) is 2.77. The second-order valence-electron chi connectivity index (χ2n) is 4.18. The van der Waals surface area contributed by atoms with E-state index in [4.69, 9.17) is 4.74 Å². The van der Waals surface area contributed by atoms with Gasteiger partial charge in [0.1, 0.15) is 5.75 Å². The zero-order chi connectivity index (χ0) is 14.6. The standard InChI is InChI=1S/C15H17NO3S/c1-3-16(13-8-7-9-14(12-13)19-2)20(17,18)15-10-5-4-6-11-15/h4-12H,3H2,1-2H3. The number of benzene rings is 2. The first-order chi connectivity index (χ1) is 9.59. The summed E-state index contributed by atoms with van der Waals surface area (Å²) in [4.78, 5) is 0.282. The van der Waals surface area contributed by atoms with Gasteiger partial charge in [-0.3, -0.25) is 4.31 Å². The zero-order valence-corrected chi connectivity index (χ0v) is 12.3. The summed E-state index contributed by atoms with van der Waals surface area (Å²) in [5, 5.41) is 0. The van der Waals surface area contributed by atoms with Gasteiger partial charge in [0.25, 0.3) is 10.0 Å². The normalized spacial score (nSPS) is 11.1. The van der Waals surface area contributed by atoms with E-state index in [0.29, 0.717) is 18.0 Å². The lowest BCUT2D eigenvalue weighted by molar-refractivity contribution is 0.415.